The van der Waals surface area contributed by atoms with Crippen LogP contribution >= 0.6 is 0 Å². The van der Waals surface area contributed by atoms with Crippen molar-refractivity contribution in [2.45, 2.75) is 25.6 Å². The number of carbonyl (C=O) groups excluding carboxylic acids is 2. The molecule has 126 valence electrons. The molecule has 1 aliphatic heterocycles. The number of cyclic esters (lactones) is 2. The summed E-state index contributed by atoms with van der Waals surface area (Å²) in [7, 11) is 0. The maximum atomic E-state index is 12.3. The van der Waals surface area contributed by atoms with Gasteiger partial charge in [-0.15, -0.1) is 0 Å². The molecule has 0 amide bonds. The molecular weight excluding hydrogens is 316 g/mol. The van der Waals surface area contributed by atoms with Gasteiger partial charge in [0.05, 0.1) is 5.92 Å². The molecule has 2 aromatic rings. The summed E-state index contributed by atoms with van der Waals surface area (Å²) in [6.45, 7) is 2.29. The Morgan fingerprint density at radius 2 is 1.88 bits per heavy atom. The number of nitrogens with zero attached hydrogens (tertiary/aromatic N) is 1. The van der Waals surface area contributed by atoms with Crippen molar-refractivity contribution in [3.63, 3.8) is 0 Å². The second-order valence-electron chi connectivity index (χ2n) is 6.13. The second kappa shape index (κ2) is 5.63. The Bertz CT molecular complexity index is 805. The largest absolute Gasteiger partial charge is 0.422 e. The number of rotatable bonds is 4. The van der Waals surface area contributed by atoms with Crippen molar-refractivity contribution in [2.24, 2.45) is 5.92 Å². The summed E-state index contributed by atoms with van der Waals surface area (Å²) in [5.41, 5.74) is 1.28. The Labute approximate surface area is 136 Å². The lowest BCUT2D eigenvalue weighted by Crippen LogP contribution is -2.49. The van der Waals surface area contributed by atoms with Gasteiger partial charge in [0.2, 0.25) is 6.54 Å². The quantitative estimate of drug-likeness (QED) is 0.396. The fourth-order valence-corrected chi connectivity index (χ4v) is 3.00. The van der Waals surface area contributed by atoms with Gasteiger partial charge >= 0.3 is 11.9 Å². The van der Waals surface area contributed by atoms with Gasteiger partial charge in [0, 0.05) is 35.9 Å². The van der Waals surface area contributed by atoms with E-state index >= 15 is 0 Å². The summed E-state index contributed by atoms with van der Waals surface area (Å²) in [6, 6.07) is 7.18. The Morgan fingerprint density at radius 3 is 2.50 bits per heavy atom. The first-order valence-corrected chi connectivity index (χ1v) is 7.42. The first-order chi connectivity index (χ1) is 11.3. The third-order valence-corrected chi connectivity index (χ3v) is 3.97. The zero-order chi connectivity index (χ0) is 17.5. The lowest BCUT2D eigenvalue weighted by Gasteiger charge is -2.34. The Balaban J connectivity index is 2.05. The van der Waals surface area contributed by atoms with Crippen LogP contribution < -0.4 is 0 Å². The lowest BCUT2D eigenvalue weighted by molar-refractivity contribution is -0.484. The highest BCUT2D eigenvalue weighted by molar-refractivity contribution is 5.98. The average Bonchev–Trinajstić information content (AvgIpc) is 2.87. The van der Waals surface area contributed by atoms with Gasteiger partial charge in [-0.3, -0.25) is 19.7 Å². The minimum atomic E-state index is -1.37. The predicted molar refractivity (Wildman–Crippen MR) is 82.7 cm³/mol. The Morgan fingerprint density at radius 1 is 1.25 bits per heavy atom. The normalized spacial score (nSPS) is 18.9. The van der Waals surface area contributed by atoms with Crippen molar-refractivity contribution in [1.82, 2.24) is 4.98 Å². The molecule has 2 heterocycles. The molecule has 0 spiro atoms. The van der Waals surface area contributed by atoms with Crippen LogP contribution in [0.1, 0.15) is 25.3 Å². The van der Waals surface area contributed by atoms with Gasteiger partial charge in [0.1, 0.15) is 0 Å². The molecular formula is C16H16N2O6. The van der Waals surface area contributed by atoms with Crippen LogP contribution in [0.5, 0.6) is 0 Å². The first kappa shape index (κ1) is 16.0. The predicted octanol–water partition coefficient (Wildman–Crippen LogP) is 1.98. The molecule has 1 fully saturated rings. The lowest BCUT2D eigenvalue weighted by atomic mass is 9.85. The maximum Gasteiger partial charge on any atom is 0.324 e. The Hall–Kier alpha value is -2.90. The van der Waals surface area contributed by atoms with Gasteiger partial charge < -0.3 is 14.5 Å². The molecule has 1 atom stereocenters. The van der Waals surface area contributed by atoms with Crippen LogP contribution in [0.15, 0.2) is 30.5 Å². The molecule has 0 bridgehead atoms. The van der Waals surface area contributed by atoms with Crippen molar-refractivity contribution in [2.75, 3.05) is 6.54 Å². The molecule has 1 aromatic heterocycles. The topological polar surface area (TPSA) is 112 Å². The highest BCUT2D eigenvalue weighted by atomic mass is 16.7. The van der Waals surface area contributed by atoms with E-state index < -0.39 is 41.0 Å². The number of fused-ring (bicyclic) bond motifs is 1. The zero-order valence-electron chi connectivity index (χ0n) is 13.1. The molecule has 0 aliphatic carbocycles. The smallest absolute Gasteiger partial charge is 0.324 e. The minimum absolute atomic E-state index is 0.515. The highest BCUT2D eigenvalue weighted by Crippen LogP contribution is 2.36. The monoisotopic (exact) mass is 332 g/mol. The molecule has 1 aromatic carbocycles. The number of para-hydroxylation sites is 1. The molecule has 0 saturated carbocycles. The molecule has 0 radical (unpaired) electrons. The van der Waals surface area contributed by atoms with E-state index in [9.17, 15) is 19.7 Å². The molecule has 24 heavy (non-hydrogen) atoms. The number of ether oxygens (including phenoxy) is 2. The highest BCUT2D eigenvalue weighted by Gasteiger charge is 2.49. The number of nitrogens with one attached hydrogen (secondary N) is 1. The standard InChI is InChI=1S/C16H16N2O6/c1-16(2)23-14(19)13(15(20)24-16)11(8-18(21)22)10-7-17-12-6-4-3-5-9(10)12/h3-7,11,13,17H,8H2,1-2H3. The van der Waals surface area contributed by atoms with Crippen LogP contribution in [-0.4, -0.2) is 34.2 Å². The minimum Gasteiger partial charge on any atom is -0.422 e. The van der Waals surface area contributed by atoms with E-state index in [4.69, 9.17) is 9.47 Å². The summed E-state index contributed by atoms with van der Waals surface area (Å²) in [5, 5.41) is 11.8. The van der Waals surface area contributed by atoms with Gasteiger partial charge in [-0.1, -0.05) is 18.2 Å². The van der Waals surface area contributed by atoms with Gasteiger partial charge in [0.25, 0.3) is 5.79 Å². The van der Waals surface area contributed by atoms with Crippen molar-refractivity contribution in [3.05, 3.63) is 46.1 Å². The maximum absolute atomic E-state index is 12.3. The second-order valence-corrected chi connectivity index (χ2v) is 6.13. The summed E-state index contributed by atoms with van der Waals surface area (Å²) >= 11 is 0. The van der Waals surface area contributed by atoms with E-state index in [1.54, 1.807) is 18.3 Å². The molecule has 3 rings (SSSR count). The van der Waals surface area contributed by atoms with Gasteiger partial charge in [-0.2, -0.15) is 0 Å². The zero-order valence-corrected chi connectivity index (χ0v) is 13.1. The van der Waals surface area contributed by atoms with Crippen molar-refractivity contribution in [3.8, 4) is 0 Å². The molecule has 1 saturated heterocycles. The van der Waals surface area contributed by atoms with E-state index in [0.717, 1.165) is 10.9 Å². The third kappa shape index (κ3) is 2.82. The molecule has 1 N–H and O–H groups in total. The van der Waals surface area contributed by atoms with Crippen LogP contribution in [0.2, 0.25) is 0 Å². The van der Waals surface area contributed by atoms with Crippen LogP contribution in [0.3, 0.4) is 0 Å². The van der Waals surface area contributed by atoms with E-state index in [2.05, 4.69) is 4.98 Å². The number of hydrogen-bond donors (Lipinski definition) is 1. The first-order valence-electron chi connectivity index (χ1n) is 7.42. The van der Waals surface area contributed by atoms with Crippen LogP contribution in [0, 0.1) is 16.0 Å². The number of aromatic amines is 1. The van der Waals surface area contributed by atoms with Gasteiger partial charge in [0.15, 0.2) is 5.92 Å². The number of nitro groups is 1. The number of carbonyl (C=O) groups is 2. The number of benzene rings is 1. The summed E-state index contributed by atoms with van der Waals surface area (Å²) < 4.78 is 10.2. The van der Waals surface area contributed by atoms with Crippen molar-refractivity contribution >= 4 is 22.8 Å². The van der Waals surface area contributed by atoms with E-state index in [1.807, 2.05) is 12.1 Å². The average molecular weight is 332 g/mol. The number of H-pyrrole nitrogens is 1. The number of hydrogen-bond acceptors (Lipinski definition) is 6. The number of aromatic nitrogens is 1. The summed E-state index contributed by atoms with van der Waals surface area (Å²) in [4.78, 5) is 38.2. The van der Waals surface area contributed by atoms with E-state index in [-0.39, 0.29) is 0 Å². The van der Waals surface area contributed by atoms with Crippen LogP contribution in [-0.2, 0) is 19.1 Å². The van der Waals surface area contributed by atoms with Crippen LogP contribution in [0.4, 0.5) is 0 Å². The summed E-state index contributed by atoms with van der Waals surface area (Å²) in [5.74, 6) is -5.35. The van der Waals surface area contributed by atoms with Crippen LogP contribution in [0.25, 0.3) is 10.9 Å². The Kier molecular flexibility index (Phi) is 3.75. The molecule has 8 nitrogen and oxygen atoms in total. The molecule has 1 aliphatic rings. The number of esters is 2. The van der Waals surface area contributed by atoms with Crippen molar-refractivity contribution in [1.29, 1.82) is 0 Å². The summed E-state index contributed by atoms with van der Waals surface area (Å²) in [6.07, 6.45) is 1.58. The SMILES string of the molecule is CC1(C)OC(=O)C(C(C[N+](=O)[O-])c2c[nH]c3ccccc23)C(=O)O1. The molecule has 1 unspecified atom stereocenters. The third-order valence-electron chi connectivity index (χ3n) is 3.97. The van der Waals surface area contributed by atoms with Gasteiger partial charge in [-0.05, 0) is 11.6 Å². The van der Waals surface area contributed by atoms with Crippen molar-refractivity contribution < 1.29 is 24.0 Å². The molecule has 8 heteroatoms. The fraction of sp³-hybridized carbons (Fsp3) is 0.375. The van der Waals surface area contributed by atoms with Gasteiger partial charge in [-0.25, -0.2) is 0 Å². The van der Waals surface area contributed by atoms with E-state index in [1.165, 1.54) is 13.8 Å². The van der Waals surface area contributed by atoms with E-state index in [0.29, 0.717) is 5.56 Å². The fourth-order valence-electron chi connectivity index (χ4n) is 3.00.